The molecule has 1 heterocycles. The number of hydrogen-bond acceptors (Lipinski definition) is 3. The molecule has 5 heteroatoms. The lowest BCUT2D eigenvalue weighted by molar-refractivity contribution is -0.122. The molecule has 1 amide bonds. The van der Waals surface area contributed by atoms with Crippen LogP contribution in [0.1, 0.15) is 18.1 Å². The Morgan fingerprint density at radius 2 is 2.05 bits per heavy atom. The molecular formula is C16H17ClN2O2. The van der Waals surface area contributed by atoms with E-state index >= 15 is 0 Å². The average Bonchev–Trinajstić information content (AvgIpc) is 2.43. The van der Waals surface area contributed by atoms with Crippen LogP contribution in [0.25, 0.3) is 0 Å². The fourth-order valence-corrected chi connectivity index (χ4v) is 1.90. The molecule has 0 saturated heterocycles. The minimum absolute atomic E-state index is 0.249. The summed E-state index contributed by atoms with van der Waals surface area (Å²) in [6.07, 6.45) is 1.02. The van der Waals surface area contributed by atoms with Gasteiger partial charge >= 0.3 is 0 Å². The Hall–Kier alpha value is -2.07. The summed E-state index contributed by atoms with van der Waals surface area (Å²) in [5.41, 5.74) is 1.93. The first kappa shape index (κ1) is 15.3. The smallest absolute Gasteiger partial charge is 0.266 e. The quantitative estimate of drug-likeness (QED) is 0.935. The second kappa shape index (κ2) is 6.59. The van der Waals surface area contributed by atoms with Gasteiger partial charge in [0.1, 0.15) is 11.6 Å². The molecule has 0 spiro atoms. The third-order valence-corrected chi connectivity index (χ3v) is 3.40. The zero-order chi connectivity index (χ0) is 15.4. The van der Waals surface area contributed by atoms with Crippen molar-refractivity contribution in [2.75, 3.05) is 5.32 Å². The van der Waals surface area contributed by atoms with Crippen LogP contribution in [-0.2, 0) is 4.79 Å². The van der Waals surface area contributed by atoms with Crippen LogP contribution in [0.2, 0.25) is 5.02 Å². The SMILES string of the molecule is Cc1ccnc(NC(=O)C(C)Oc2ccc(Cl)c(C)c2)c1. The number of pyridine rings is 1. The maximum Gasteiger partial charge on any atom is 0.266 e. The van der Waals surface area contributed by atoms with Crippen LogP contribution >= 0.6 is 11.6 Å². The molecule has 110 valence electrons. The van der Waals surface area contributed by atoms with Gasteiger partial charge in [-0.1, -0.05) is 11.6 Å². The summed E-state index contributed by atoms with van der Waals surface area (Å²) >= 11 is 5.96. The Kier molecular flexibility index (Phi) is 4.81. The van der Waals surface area contributed by atoms with Gasteiger partial charge in [0, 0.05) is 11.2 Å². The number of nitrogens with zero attached hydrogens (tertiary/aromatic N) is 1. The van der Waals surface area contributed by atoms with E-state index in [2.05, 4.69) is 10.3 Å². The molecule has 1 aromatic heterocycles. The molecule has 2 rings (SSSR count). The number of ether oxygens (including phenoxy) is 1. The summed E-state index contributed by atoms with van der Waals surface area (Å²) < 4.78 is 5.62. The summed E-state index contributed by atoms with van der Waals surface area (Å²) in [6.45, 7) is 5.51. The highest BCUT2D eigenvalue weighted by atomic mass is 35.5. The summed E-state index contributed by atoms with van der Waals surface area (Å²) in [6, 6.07) is 8.96. The van der Waals surface area contributed by atoms with Crippen molar-refractivity contribution in [1.29, 1.82) is 0 Å². The molecule has 2 aromatic rings. The monoisotopic (exact) mass is 304 g/mol. The molecule has 21 heavy (non-hydrogen) atoms. The number of nitrogens with one attached hydrogen (secondary N) is 1. The summed E-state index contributed by atoms with van der Waals surface area (Å²) in [4.78, 5) is 16.2. The second-order valence-electron chi connectivity index (χ2n) is 4.88. The van der Waals surface area contributed by atoms with E-state index in [0.717, 1.165) is 11.1 Å². The van der Waals surface area contributed by atoms with Crippen molar-refractivity contribution in [2.45, 2.75) is 26.9 Å². The van der Waals surface area contributed by atoms with Crippen molar-refractivity contribution in [1.82, 2.24) is 4.98 Å². The van der Waals surface area contributed by atoms with Gasteiger partial charge in [0.2, 0.25) is 0 Å². The van der Waals surface area contributed by atoms with Gasteiger partial charge in [-0.25, -0.2) is 4.98 Å². The maximum absolute atomic E-state index is 12.1. The van der Waals surface area contributed by atoms with Crippen molar-refractivity contribution >= 4 is 23.3 Å². The van der Waals surface area contributed by atoms with Crippen LogP contribution in [0.15, 0.2) is 36.5 Å². The molecule has 0 fully saturated rings. The number of carbonyl (C=O) groups is 1. The fraction of sp³-hybridized carbons (Fsp3) is 0.250. The van der Waals surface area contributed by atoms with Gasteiger partial charge in [0.25, 0.3) is 5.91 Å². The number of halogens is 1. The van der Waals surface area contributed by atoms with Gasteiger partial charge in [0.15, 0.2) is 6.10 Å². The summed E-state index contributed by atoms with van der Waals surface area (Å²) in [5, 5.41) is 3.40. The minimum atomic E-state index is -0.632. The Bertz CT molecular complexity index is 658. The predicted molar refractivity (Wildman–Crippen MR) is 83.9 cm³/mol. The van der Waals surface area contributed by atoms with E-state index < -0.39 is 6.10 Å². The van der Waals surface area contributed by atoms with E-state index in [4.69, 9.17) is 16.3 Å². The largest absolute Gasteiger partial charge is 0.481 e. The van der Waals surface area contributed by atoms with Gasteiger partial charge in [-0.2, -0.15) is 0 Å². The highest BCUT2D eigenvalue weighted by Crippen LogP contribution is 2.22. The average molecular weight is 305 g/mol. The van der Waals surface area contributed by atoms with Crippen molar-refractivity contribution in [3.05, 3.63) is 52.7 Å². The molecule has 0 aliphatic heterocycles. The zero-order valence-electron chi connectivity index (χ0n) is 12.2. The van der Waals surface area contributed by atoms with Crippen LogP contribution < -0.4 is 10.1 Å². The third kappa shape index (κ3) is 4.20. The van der Waals surface area contributed by atoms with Crippen molar-refractivity contribution in [2.24, 2.45) is 0 Å². The first-order valence-corrected chi connectivity index (χ1v) is 7.00. The number of aryl methyl sites for hydroxylation is 2. The Balaban J connectivity index is 2.00. The molecular weight excluding hydrogens is 288 g/mol. The van der Waals surface area contributed by atoms with Gasteiger partial charge in [-0.05, 0) is 62.2 Å². The lowest BCUT2D eigenvalue weighted by Gasteiger charge is -2.15. The molecule has 1 atom stereocenters. The van der Waals surface area contributed by atoms with Gasteiger partial charge in [-0.15, -0.1) is 0 Å². The maximum atomic E-state index is 12.1. The van der Waals surface area contributed by atoms with E-state index in [-0.39, 0.29) is 5.91 Å². The molecule has 1 N–H and O–H groups in total. The summed E-state index contributed by atoms with van der Waals surface area (Å²) in [7, 11) is 0. The van der Waals surface area contributed by atoms with Crippen LogP contribution in [0.5, 0.6) is 5.75 Å². The standard InChI is InChI=1S/C16H17ClN2O2/c1-10-6-7-18-15(8-10)19-16(20)12(3)21-13-4-5-14(17)11(2)9-13/h4-9,12H,1-3H3,(H,18,19,20). The topological polar surface area (TPSA) is 51.2 Å². The number of carbonyl (C=O) groups excluding carboxylic acids is 1. The fourth-order valence-electron chi connectivity index (χ4n) is 1.78. The minimum Gasteiger partial charge on any atom is -0.481 e. The molecule has 0 aliphatic carbocycles. The van der Waals surface area contributed by atoms with E-state index in [0.29, 0.717) is 16.6 Å². The van der Waals surface area contributed by atoms with Crippen molar-refractivity contribution < 1.29 is 9.53 Å². The number of aromatic nitrogens is 1. The zero-order valence-corrected chi connectivity index (χ0v) is 12.9. The number of benzene rings is 1. The second-order valence-corrected chi connectivity index (χ2v) is 5.29. The normalized spacial score (nSPS) is 11.8. The number of hydrogen-bond donors (Lipinski definition) is 1. The number of amides is 1. The Morgan fingerprint density at radius 1 is 1.29 bits per heavy atom. The first-order chi connectivity index (χ1) is 9.95. The van der Waals surface area contributed by atoms with Gasteiger partial charge in [-0.3, -0.25) is 4.79 Å². The molecule has 0 bridgehead atoms. The molecule has 0 radical (unpaired) electrons. The van der Waals surface area contributed by atoms with Crippen molar-refractivity contribution in [3.63, 3.8) is 0 Å². The highest BCUT2D eigenvalue weighted by molar-refractivity contribution is 6.31. The van der Waals surface area contributed by atoms with Crippen LogP contribution in [0.3, 0.4) is 0 Å². The van der Waals surface area contributed by atoms with Gasteiger partial charge in [0.05, 0.1) is 0 Å². The lowest BCUT2D eigenvalue weighted by Crippen LogP contribution is -2.30. The Morgan fingerprint density at radius 3 is 2.71 bits per heavy atom. The van der Waals surface area contributed by atoms with E-state index in [9.17, 15) is 4.79 Å². The van der Waals surface area contributed by atoms with Crippen LogP contribution in [0, 0.1) is 13.8 Å². The molecule has 1 aromatic carbocycles. The summed E-state index contributed by atoms with van der Waals surface area (Å²) in [5.74, 6) is 0.875. The lowest BCUT2D eigenvalue weighted by atomic mass is 10.2. The molecule has 1 unspecified atom stereocenters. The van der Waals surface area contributed by atoms with E-state index in [1.165, 1.54) is 0 Å². The predicted octanol–water partition coefficient (Wildman–Crippen LogP) is 3.76. The first-order valence-electron chi connectivity index (χ1n) is 6.62. The van der Waals surface area contributed by atoms with E-state index in [1.54, 1.807) is 37.4 Å². The number of anilines is 1. The molecule has 0 saturated carbocycles. The van der Waals surface area contributed by atoms with Gasteiger partial charge < -0.3 is 10.1 Å². The number of rotatable bonds is 4. The van der Waals surface area contributed by atoms with Crippen LogP contribution in [-0.4, -0.2) is 17.0 Å². The molecule has 4 nitrogen and oxygen atoms in total. The Labute approximate surface area is 129 Å². The van der Waals surface area contributed by atoms with Crippen LogP contribution in [0.4, 0.5) is 5.82 Å². The van der Waals surface area contributed by atoms with E-state index in [1.807, 2.05) is 19.9 Å². The molecule has 0 aliphatic rings. The third-order valence-electron chi connectivity index (χ3n) is 2.98. The van der Waals surface area contributed by atoms with Crippen molar-refractivity contribution in [3.8, 4) is 5.75 Å². The highest BCUT2D eigenvalue weighted by Gasteiger charge is 2.15.